The first-order chi connectivity index (χ1) is 20.8. The van der Waals surface area contributed by atoms with Gasteiger partial charge in [0.05, 0.1) is 17.8 Å². The minimum Gasteiger partial charge on any atom is -0.494 e. The van der Waals surface area contributed by atoms with Crippen molar-refractivity contribution in [3.05, 3.63) is 117 Å². The van der Waals surface area contributed by atoms with Crippen molar-refractivity contribution in [1.82, 2.24) is 20.9 Å². The largest absolute Gasteiger partial charge is 0.494 e. The number of benzene rings is 3. The molecule has 3 amide bonds. The molecule has 0 spiro atoms. The third kappa shape index (κ3) is 9.49. The maximum atomic E-state index is 13.8. The molecule has 5 N–H and O–H groups in total. The van der Waals surface area contributed by atoms with E-state index in [-0.39, 0.29) is 18.7 Å². The maximum absolute atomic E-state index is 13.8. The SMILES string of the molecule is CCOc1ccc(C[C@@H](NC(=O)c2cnc(C)s2)C(=O)N[C@@H](Cc2ccccc2)C(=O)NCc2ccc(CN)cc2)cc1. The molecule has 0 aliphatic heterocycles. The lowest BCUT2D eigenvalue weighted by Crippen LogP contribution is -2.55. The topological polar surface area (TPSA) is 135 Å². The molecular formula is C33H37N5O4S. The van der Waals surface area contributed by atoms with E-state index in [4.69, 9.17) is 10.5 Å². The van der Waals surface area contributed by atoms with Gasteiger partial charge in [0, 0.05) is 25.9 Å². The normalized spacial score (nSPS) is 12.2. The van der Waals surface area contributed by atoms with E-state index in [2.05, 4.69) is 20.9 Å². The number of aromatic nitrogens is 1. The van der Waals surface area contributed by atoms with Gasteiger partial charge in [-0.2, -0.15) is 0 Å². The number of ether oxygens (including phenoxy) is 1. The first kappa shape index (κ1) is 31.4. The standard InChI is InChI=1S/C33H37N5O4S/c1-3-42-27-15-13-24(14-16-27)18-29(38-33(41)30-21-35-22(2)43-30)32(40)37-28(17-23-7-5-4-6-8-23)31(39)36-20-26-11-9-25(19-34)10-12-26/h4-16,21,28-29H,3,17-20,34H2,1-2H3,(H,36,39)(H,37,40)(H,38,41)/t28-,29+/m0/s1. The van der Waals surface area contributed by atoms with Gasteiger partial charge in [-0.25, -0.2) is 4.98 Å². The number of hydrogen-bond donors (Lipinski definition) is 4. The molecule has 4 aromatic rings. The molecule has 0 saturated carbocycles. The lowest BCUT2D eigenvalue weighted by atomic mass is 10.0. The van der Waals surface area contributed by atoms with Gasteiger partial charge in [-0.3, -0.25) is 14.4 Å². The van der Waals surface area contributed by atoms with E-state index in [1.165, 1.54) is 17.5 Å². The monoisotopic (exact) mass is 599 g/mol. The second kappa shape index (κ2) is 15.6. The zero-order valence-electron chi connectivity index (χ0n) is 24.3. The quantitative estimate of drug-likeness (QED) is 0.175. The van der Waals surface area contributed by atoms with Crippen molar-refractivity contribution in [2.45, 2.75) is 51.9 Å². The summed E-state index contributed by atoms with van der Waals surface area (Å²) in [5, 5.41) is 9.46. The van der Waals surface area contributed by atoms with Gasteiger partial charge in [-0.15, -0.1) is 11.3 Å². The molecule has 0 unspecified atom stereocenters. The third-order valence-corrected chi connectivity index (χ3v) is 7.69. The van der Waals surface area contributed by atoms with Crippen LogP contribution >= 0.6 is 11.3 Å². The summed E-state index contributed by atoms with van der Waals surface area (Å²) in [6.07, 6.45) is 1.99. The van der Waals surface area contributed by atoms with E-state index in [9.17, 15) is 14.4 Å². The average molecular weight is 600 g/mol. The van der Waals surface area contributed by atoms with Crippen LogP contribution in [0.4, 0.5) is 0 Å². The molecule has 0 fully saturated rings. The highest BCUT2D eigenvalue weighted by Gasteiger charge is 2.28. The number of nitrogens with two attached hydrogens (primary N) is 1. The Bertz CT molecular complexity index is 1490. The maximum Gasteiger partial charge on any atom is 0.263 e. The highest BCUT2D eigenvalue weighted by atomic mass is 32.1. The van der Waals surface area contributed by atoms with Crippen LogP contribution in [0.1, 0.15) is 43.9 Å². The Morgan fingerprint density at radius 2 is 1.42 bits per heavy atom. The Kier molecular flexibility index (Phi) is 11.4. The summed E-state index contributed by atoms with van der Waals surface area (Å²) in [5.74, 6) is -0.480. The van der Waals surface area contributed by atoms with Gasteiger partial charge in [-0.05, 0) is 48.2 Å². The molecular weight excluding hydrogens is 562 g/mol. The van der Waals surface area contributed by atoms with Crippen LogP contribution in [0, 0.1) is 6.92 Å². The van der Waals surface area contributed by atoms with Crippen molar-refractivity contribution in [2.24, 2.45) is 5.73 Å². The van der Waals surface area contributed by atoms with Crippen LogP contribution in [-0.4, -0.2) is 41.4 Å². The zero-order valence-corrected chi connectivity index (χ0v) is 25.2. The molecule has 0 bridgehead atoms. The molecule has 224 valence electrons. The molecule has 0 radical (unpaired) electrons. The van der Waals surface area contributed by atoms with Gasteiger partial charge in [0.15, 0.2) is 0 Å². The van der Waals surface area contributed by atoms with E-state index in [0.29, 0.717) is 30.3 Å². The number of nitrogens with one attached hydrogen (secondary N) is 3. The highest BCUT2D eigenvalue weighted by Crippen LogP contribution is 2.16. The van der Waals surface area contributed by atoms with Crippen molar-refractivity contribution >= 4 is 29.1 Å². The summed E-state index contributed by atoms with van der Waals surface area (Å²) in [5.41, 5.74) is 9.32. The highest BCUT2D eigenvalue weighted by molar-refractivity contribution is 7.13. The fourth-order valence-corrected chi connectivity index (χ4v) is 5.15. The van der Waals surface area contributed by atoms with Gasteiger partial charge in [0.25, 0.3) is 5.91 Å². The van der Waals surface area contributed by atoms with E-state index in [0.717, 1.165) is 27.3 Å². The van der Waals surface area contributed by atoms with Crippen LogP contribution in [0.2, 0.25) is 0 Å². The van der Waals surface area contributed by atoms with E-state index >= 15 is 0 Å². The van der Waals surface area contributed by atoms with E-state index in [1.807, 2.05) is 92.7 Å². The summed E-state index contributed by atoms with van der Waals surface area (Å²) in [6.45, 7) is 4.99. The Hall–Kier alpha value is -4.54. The fraction of sp³-hybridized carbons (Fsp3) is 0.273. The van der Waals surface area contributed by atoms with Gasteiger partial charge >= 0.3 is 0 Å². The molecule has 0 aliphatic rings. The van der Waals surface area contributed by atoms with Crippen molar-refractivity contribution < 1.29 is 19.1 Å². The summed E-state index contributed by atoms with van der Waals surface area (Å²) in [6, 6.07) is 22.7. The van der Waals surface area contributed by atoms with Gasteiger partial charge in [0.2, 0.25) is 11.8 Å². The van der Waals surface area contributed by atoms with Crippen LogP contribution in [0.25, 0.3) is 0 Å². The van der Waals surface area contributed by atoms with Crippen LogP contribution in [0.15, 0.2) is 85.1 Å². The molecule has 1 aromatic heterocycles. The molecule has 3 aromatic carbocycles. The Labute approximate surface area is 255 Å². The van der Waals surface area contributed by atoms with Crippen molar-refractivity contribution in [3.8, 4) is 5.75 Å². The molecule has 0 aliphatic carbocycles. The summed E-state index contributed by atoms with van der Waals surface area (Å²) in [7, 11) is 0. The number of thiazole rings is 1. The van der Waals surface area contributed by atoms with Gasteiger partial charge < -0.3 is 26.4 Å². The van der Waals surface area contributed by atoms with Crippen molar-refractivity contribution in [1.29, 1.82) is 0 Å². The molecule has 1 heterocycles. The summed E-state index contributed by atoms with van der Waals surface area (Å²) >= 11 is 1.25. The van der Waals surface area contributed by atoms with Crippen LogP contribution in [0.3, 0.4) is 0 Å². The van der Waals surface area contributed by atoms with Crippen LogP contribution < -0.4 is 26.4 Å². The third-order valence-electron chi connectivity index (χ3n) is 6.78. The summed E-state index contributed by atoms with van der Waals surface area (Å²) in [4.78, 5) is 44.9. The number of amides is 3. The fourth-order valence-electron chi connectivity index (χ4n) is 4.47. The predicted molar refractivity (Wildman–Crippen MR) is 168 cm³/mol. The van der Waals surface area contributed by atoms with Crippen molar-refractivity contribution in [3.63, 3.8) is 0 Å². The van der Waals surface area contributed by atoms with Crippen LogP contribution in [-0.2, 0) is 35.5 Å². The number of carbonyl (C=O) groups is 3. The predicted octanol–water partition coefficient (Wildman–Crippen LogP) is 3.69. The number of nitrogens with zero attached hydrogens (tertiary/aromatic N) is 1. The molecule has 0 saturated heterocycles. The smallest absolute Gasteiger partial charge is 0.263 e. The average Bonchev–Trinajstić information content (AvgIpc) is 3.47. The number of aryl methyl sites for hydroxylation is 1. The molecule has 43 heavy (non-hydrogen) atoms. The number of rotatable bonds is 14. The lowest BCUT2D eigenvalue weighted by molar-refractivity contribution is -0.130. The van der Waals surface area contributed by atoms with Gasteiger partial charge in [-0.1, -0.05) is 66.7 Å². The van der Waals surface area contributed by atoms with Crippen LogP contribution in [0.5, 0.6) is 5.75 Å². The first-order valence-corrected chi connectivity index (χ1v) is 15.0. The van der Waals surface area contributed by atoms with Crippen molar-refractivity contribution in [2.75, 3.05) is 6.61 Å². The number of carbonyl (C=O) groups excluding carboxylic acids is 3. The minimum absolute atomic E-state index is 0.217. The van der Waals surface area contributed by atoms with E-state index in [1.54, 1.807) is 0 Å². The Balaban J connectivity index is 1.52. The molecule has 4 rings (SSSR count). The molecule has 9 nitrogen and oxygen atoms in total. The zero-order chi connectivity index (χ0) is 30.6. The lowest BCUT2D eigenvalue weighted by Gasteiger charge is -2.23. The second-order valence-corrected chi connectivity index (χ2v) is 11.3. The Morgan fingerprint density at radius 3 is 2.02 bits per heavy atom. The molecule has 2 atom stereocenters. The Morgan fingerprint density at radius 1 is 0.814 bits per heavy atom. The summed E-state index contributed by atoms with van der Waals surface area (Å²) < 4.78 is 5.54. The second-order valence-electron chi connectivity index (χ2n) is 10.0. The van der Waals surface area contributed by atoms with Gasteiger partial charge in [0.1, 0.15) is 22.7 Å². The number of hydrogen-bond acceptors (Lipinski definition) is 7. The minimum atomic E-state index is -0.942. The first-order valence-electron chi connectivity index (χ1n) is 14.2. The van der Waals surface area contributed by atoms with E-state index < -0.39 is 23.9 Å². The molecule has 10 heteroatoms.